The maximum absolute atomic E-state index is 5.82. The fraction of sp³-hybridized carbons (Fsp3) is 0.750. The fourth-order valence-corrected chi connectivity index (χ4v) is 1.41. The number of aromatic nitrogens is 1. The molecule has 0 saturated heterocycles. The van der Waals surface area contributed by atoms with Gasteiger partial charge < -0.3 is 9.73 Å². The van der Waals surface area contributed by atoms with Crippen LogP contribution in [0.25, 0.3) is 0 Å². The van der Waals surface area contributed by atoms with Gasteiger partial charge in [-0.15, -0.1) is 0 Å². The summed E-state index contributed by atoms with van der Waals surface area (Å²) >= 11 is 0. The van der Waals surface area contributed by atoms with E-state index < -0.39 is 0 Å². The lowest BCUT2D eigenvalue weighted by Crippen LogP contribution is -2.11. The number of hydrogen-bond donors (Lipinski definition) is 1. The predicted molar refractivity (Wildman–Crippen MR) is 62.2 cm³/mol. The van der Waals surface area contributed by atoms with Crippen molar-refractivity contribution >= 4 is 0 Å². The van der Waals surface area contributed by atoms with E-state index in [4.69, 9.17) is 4.42 Å². The zero-order chi connectivity index (χ0) is 11.5. The smallest absolute Gasteiger partial charge is 0.200 e. The van der Waals surface area contributed by atoms with Crippen molar-refractivity contribution in [3.8, 4) is 0 Å². The number of rotatable bonds is 4. The molecule has 0 unspecified atom stereocenters. The van der Waals surface area contributed by atoms with E-state index in [0.717, 1.165) is 36.7 Å². The van der Waals surface area contributed by atoms with Crippen LogP contribution in [0.15, 0.2) is 4.42 Å². The van der Waals surface area contributed by atoms with Crippen LogP contribution in [0.4, 0.5) is 0 Å². The zero-order valence-electron chi connectivity index (χ0n) is 10.5. The van der Waals surface area contributed by atoms with Gasteiger partial charge in [0.2, 0.25) is 0 Å². The highest BCUT2D eigenvalue weighted by Crippen LogP contribution is 2.24. The average molecular weight is 210 g/mol. The second-order valence-corrected chi connectivity index (χ2v) is 4.85. The minimum absolute atomic E-state index is 0.00180. The van der Waals surface area contributed by atoms with Gasteiger partial charge in [0.05, 0.1) is 5.69 Å². The predicted octanol–water partition coefficient (Wildman–Crippen LogP) is 2.30. The van der Waals surface area contributed by atoms with Crippen molar-refractivity contribution in [2.75, 3.05) is 13.6 Å². The van der Waals surface area contributed by atoms with Crippen LogP contribution >= 0.6 is 0 Å². The van der Waals surface area contributed by atoms with Gasteiger partial charge in [0.25, 0.3) is 0 Å². The molecular formula is C12H22N2O. The number of oxazole rings is 1. The first-order valence-corrected chi connectivity index (χ1v) is 5.62. The Balaban J connectivity index is 2.90. The molecule has 0 aromatic carbocycles. The van der Waals surface area contributed by atoms with Gasteiger partial charge >= 0.3 is 0 Å². The minimum atomic E-state index is 0.00180. The summed E-state index contributed by atoms with van der Waals surface area (Å²) in [7, 11) is 1.95. The van der Waals surface area contributed by atoms with E-state index in [-0.39, 0.29) is 5.41 Å². The van der Waals surface area contributed by atoms with E-state index >= 15 is 0 Å². The molecule has 0 amide bonds. The van der Waals surface area contributed by atoms with Gasteiger partial charge in [0.15, 0.2) is 5.89 Å². The SMILES string of the molecule is CCc1nc(C(C)(C)C)oc1CCNC. The van der Waals surface area contributed by atoms with E-state index in [1.807, 2.05) is 7.05 Å². The molecule has 1 aromatic rings. The van der Waals surface area contributed by atoms with Crippen molar-refractivity contribution in [2.24, 2.45) is 0 Å². The molecular weight excluding hydrogens is 188 g/mol. The molecule has 1 aromatic heterocycles. The van der Waals surface area contributed by atoms with Gasteiger partial charge in [-0.2, -0.15) is 0 Å². The van der Waals surface area contributed by atoms with Crippen molar-refractivity contribution < 1.29 is 4.42 Å². The summed E-state index contributed by atoms with van der Waals surface area (Å²) in [6.07, 6.45) is 1.86. The molecule has 0 radical (unpaired) electrons. The Bertz CT molecular complexity index is 310. The first-order chi connectivity index (χ1) is 6.99. The van der Waals surface area contributed by atoms with Crippen molar-refractivity contribution in [1.82, 2.24) is 10.3 Å². The summed E-state index contributed by atoms with van der Waals surface area (Å²) in [6.45, 7) is 9.43. The molecule has 15 heavy (non-hydrogen) atoms. The zero-order valence-corrected chi connectivity index (χ0v) is 10.5. The lowest BCUT2D eigenvalue weighted by molar-refractivity contribution is 0.371. The fourth-order valence-electron chi connectivity index (χ4n) is 1.41. The third-order valence-electron chi connectivity index (χ3n) is 2.36. The van der Waals surface area contributed by atoms with Crippen molar-refractivity contribution in [2.45, 2.75) is 46.0 Å². The molecule has 1 rings (SSSR count). The number of likely N-dealkylation sites (N-methyl/N-ethyl adjacent to an activating group) is 1. The Morgan fingerprint density at radius 1 is 1.33 bits per heavy atom. The van der Waals surface area contributed by atoms with Gasteiger partial charge in [-0.05, 0) is 13.5 Å². The van der Waals surface area contributed by atoms with E-state index in [2.05, 4.69) is 38.0 Å². The molecule has 1 N–H and O–H groups in total. The summed E-state index contributed by atoms with van der Waals surface area (Å²) in [5.41, 5.74) is 1.11. The molecule has 0 spiro atoms. The third kappa shape index (κ3) is 3.06. The first-order valence-electron chi connectivity index (χ1n) is 5.62. The number of nitrogens with one attached hydrogen (secondary N) is 1. The Hall–Kier alpha value is -0.830. The van der Waals surface area contributed by atoms with Gasteiger partial charge in [-0.1, -0.05) is 27.7 Å². The van der Waals surface area contributed by atoms with Gasteiger partial charge in [0, 0.05) is 18.4 Å². The van der Waals surface area contributed by atoms with Crippen molar-refractivity contribution in [1.29, 1.82) is 0 Å². The molecule has 0 fully saturated rings. The summed E-state index contributed by atoms with van der Waals surface area (Å²) in [5, 5.41) is 3.13. The highest BCUT2D eigenvalue weighted by Gasteiger charge is 2.22. The molecule has 0 aliphatic heterocycles. The van der Waals surface area contributed by atoms with Crippen LogP contribution in [0.3, 0.4) is 0 Å². The molecule has 1 heterocycles. The summed E-state index contributed by atoms with van der Waals surface area (Å²) in [5.74, 6) is 1.89. The van der Waals surface area contributed by atoms with E-state index in [1.165, 1.54) is 0 Å². The van der Waals surface area contributed by atoms with Crippen LogP contribution in [-0.4, -0.2) is 18.6 Å². The Labute approximate surface area is 92.3 Å². The van der Waals surface area contributed by atoms with Gasteiger partial charge in [0.1, 0.15) is 5.76 Å². The van der Waals surface area contributed by atoms with Crippen molar-refractivity contribution in [3.05, 3.63) is 17.3 Å². The van der Waals surface area contributed by atoms with Crippen LogP contribution in [0, 0.1) is 0 Å². The van der Waals surface area contributed by atoms with Crippen molar-refractivity contribution in [3.63, 3.8) is 0 Å². The summed E-state index contributed by atoms with van der Waals surface area (Å²) in [6, 6.07) is 0. The van der Waals surface area contributed by atoms with Gasteiger partial charge in [-0.3, -0.25) is 0 Å². The summed E-state index contributed by atoms with van der Waals surface area (Å²) < 4.78 is 5.82. The molecule has 3 nitrogen and oxygen atoms in total. The van der Waals surface area contributed by atoms with Crippen LogP contribution in [0.5, 0.6) is 0 Å². The standard InChI is InChI=1S/C12H22N2O/c1-6-9-10(7-8-13-5)15-11(14-9)12(2,3)4/h13H,6-8H2,1-5H3. The molecule has 0 atom stereocenters. The van der Waals surface area contributed by atoms with Crippen LogP contribution < -0.4 is 5.32 Å². The average Bonchev–Trinajstić information content (AvgIpc) is 2.57. The van der Waals surface area contributed by atoms with E-state index in [0.29, 0.717) is 0 Å². The lowest BCUT2D eigenvalue weighted by Gasteiger charge is -2.12. The lowest BCUT2D eigenvalue weighted by atomic mass is 9.97. The first kappa shape index (κ1) is 12.2. The molecule has 86 valence electrons. The van der Waals surface area contributed by atoms with Crippen LogP contribution in [0.1, 0.15) is 45.0 Å². The molecule has 0 aliphatic carbocycles. The maximum Gasteiger partial charge on any atom is 0.200 e. The largest absolute Gasteiger partial charge is 0.445 e. The van der Waals surface area contributed by atoms with E-state index in [1.54, 1.807) is 0 Å². The number of nitrogens with zero attached hydrogens (tertiary/aromatic N) is 1. The molecule has 0 saturated carbocycles. The maximum atomic E-state index is 5.82. The Kier molecular flexibility index (Phi) is 3.91. The highest BCUT2D eigenvalue weighted by atomic mass is 16.4. The Morgan fingerprint density at radius 2 is 2.00 bits per heavy atom. The molecule has 0 bridgehead atoms. The third-order valence-corrected chi connectivity index (χ3v) is 2.36. The highest BCUT2D eigenvalue weighted by molar-refractivity contribution is 5.13. The van der Waals surface area contributed by atoms with Crippen LogP contribution in [-0.2, 0) is 18.3 Å². The monoisotopic (exact) mass is 210 g/mol. The number of hydrogen-bond acceptors (Lipinski definition) is 3. The number of aryl methyl sites for hydroxylation is 1. The second kappa shape index (κ2) is 4.79. The normalized spacial score (nSPS) is 12.1. The quantitative estimate of drug-likeness (QED) is 0.828. The molecule has 0 aliphatic rings. The topological polar surface area (TPSA) is 38.1 Å². The van der Waals surface area contributed by atoms with Crippen LogP contribution in [0.2, 0.25) is 0 Å². The van der Waals surface area contributed by atoms with E-state index in [9.17, 15) is 0 Å². The minimum Gasteiger partial charge on any atom is -0.445 e. The molecule has 3 heteroatoms. The second-order valence-electron chi connectivity index (χ2n) is 4.85. The summed E-state index contributed by atoms with van der Waals surface area (Å²) in [4.78, 5) is 4.56. The van der Waals surface area contributed by atoms with Gasteiger partial charge in [-0.25, -0.2) is 4.98 Å². The Morgan fingerprint density at radius 3 is 2.47 bits per heavy atom.